The minimum Gasteiger partial charge on any atom is -0.455 e. The Hall–Kier alpha value is -12.5. The number of nitrogens with two attached hydrogens (primary N) is 4. The summed E-state index contributed by atoms with van der Waals surface area (Å²) in [6.45, 7) is 3.19. The van der Waals surface area contributed by atoms with E-state index in [2.05, 4.69) is 84.9 Å². The van der Waals surface area contributed by atoms with Crippen molar-refractivity contribution in [2.24, 2.45) is 16.1 Å². The van der Waals surface area contributed by atoms with Crippen molar-refractivity contribution < 1.29 is 157 Å². The Balaban J connectivity index is 0.000000245. The molecular weight excluding hydrogens is 1940 g/mol. The van der Waals surface area contributed by atoms with E-state index in [0.29, 0.717) is 36.2 Å². The third kappa shape index (κ3) is 32.0. The molecule has 8 aromatic rings. The number of amides is 3. The monoisotopic (exact) mass is 2030 g/mol. The zero-order valence-corrected chi connectivity index (χ0v) is 77.3. The molecule has 65 heteroatoms. The number of phosphoric acid groups is 4. The second-order valence-corrected chi connectivity index (χ2v) is 36.7. The Morgan fingerprint density at radius 2 is 1.01 bits per heavy atom. The molecule has 10 heterocycles. The Kier molecular flexibility index (Phi) is 38.6. The summed E-state index contributed by atoms with van der Waals surface area (Å²) in [6.07, 6.45) is -13.9. The molecule has 20 N–H and O–H groups in total. The topological polar surface area (TPSA) is 893 Å². The molecule has 61 nitrogen and oxygen atoms in total. The van der Waals surface area contributed by atoms with E-state index in [0.717, 1.165) is 21.9 Å². The molecule has 139 heavy (non-hydrogen) atoms. The average Bonchev–Trinajstić information content (AvgIpc) is 1.64. The quantitative estimate of drug-likeness (QED) is 0.00493. The lowest BCUT2D eigenvalue weighted by atomic mass is 10.0. The van der Waals surface area contributed by atoms with E-state index in [1.807, 2.05) is 0 Å². The molecular formula is C74H98N26O35P4. The van der Waals surface area contributed by atoms with Crippen LogP contribution in [-0.4, -0.2) is 252 Å². The van der Waals surface area contributed by atoms with Crippen LogP contribution in [0.3, 0.4) is 0 Å². The highest BCUT2D eigenvalue weighted by atomic mass is 31.2. The first-order valence-electron chi connectivity index (χ1n) is 41.5. The number of fused-ring (bicyclic) bond motifs is 2. The molecule has 12 rings (SSSR count). The Bertz CT molecular complexity index is 6090. The van der Waals surface area contributed by atoms with Crippen LogP contribution < -0.4 is 50.3 Å². The van der Waals surface area contributed by atoms with Gasteiger partial charge >= 0.3 is 72.9 Å². The fourth-order valence-electron chi connectivity index (χ4n) is 13.7. The number of hydrogen-bond donors (Lipinski definition) is 16. The molecule has 0 radical (unpaired) electrons. The van der Waals surface area contributed by atoms with Gasteiger partial charge in [-0.2, -0.15) is 15.2 Å². The van der Waals surface area contributed by atoms with Gasteiger partial charge in [0.25, 0.3) is 0 Å². The van der Waals surface area contributed by atoms with E-state index >= 15 is 0 Å². The molecule has 0 saturated carbocycles. The molecule has 18 atom stereocenters. The van der Waals surface area contributed by atoms with Crippen LogP contribution in [0, 0.1) is 17.2 Å². The molecule has 0 bridgehead atoms. The van der Waals surface area contributed by atoms with Crippen molar-refractivity contribution in [3.05, 3.63) is 151 Å². The van der Waals surface area contributed by atoms with Crippen LogP contribution in [0.2, 0.25) is 0 Å². The van der Waals surface area contributed by atoms with Crippen LogP contribution >= 0.6 is 31.3 Å². The molecule has 2 unspecified atom stereocenters. The average molecular weight is 2040 g/mol. The highest BCUT2D eigenvalue weighted by Crippen LogP contribution is 2.52. The number of nitrogen functional groups attached to an aromatic ring is 4. The number of aromatic nitrogens is 12. The Morgan fingerprint density at radius 1 is 0.568 bits per heavy atom. The van der Waals surface area contributed by atoms with Gasteiger partial charge in [-0.3, -0.25) is 50.2 Å². The molecule has 2 aromatic carbocycles. The van der Waals surface area contributed by atoms with Crippen LogP contribution in [0.4, 0.5) is 49.0 Å². The molecule has 0 aliphatic carbocycles. The summed E-state index contributed by atoms with van der Waals surface area (Å²) in [5.74, 6) is -1.95. The number of anilines is 4. The third-order valence-electron chi connectivity index (χ3n) is 20.2. The van der Waals surface area contributed by atoms with Crippen molar-refractivity contribution >= 4 is 118 Å². The Morgan fingerprint density at radius 3 is 1.47 bits per heavy atom. The molecule has 3 amide bonds. The maximum Gasteiger partial charge on any atom is 0.472 e. The van der Waals surface area contributed by atoms with Gasteiger partial charge in [0.2, 0.25) is 0 Å². The smallest absolute Gasteiger partial charge is 0.455 e. The van der Waals surface area contributed by atoms with Crippen molar-refractivity contribution in [1.82, 2.24) is 74.1 Å². The van der Waals surface area contributed by atoms with Crippen LogP contribution in [0.25, 0.3) is 43.2 Å². The normalized spacial score (nSPS) is 22.5. The zero-order valence-electron chi connectivity index (χ0n) is 73.7. The van der Waals surface area contributed by atoms with E-state index < -0.39 is 197 Å². The number of aliphatic hydroxyl groups excluding tert-OH is 3. The van der Waals surface area contributed by atoms with Gasteiger partial charge in [0.05, 0.1) is 45.0 Å². The number of rotatable bonds is 41. The number of carbonyl (C=O) groups is 5. The van der Waals surface area contributed by atoms with E-state index in [-0.39, 0.29) is 116 Å². The summed E-state index contributed by atoms with van der Waals surface area (Å²) >= 11 is 0. The summed E-state index contributed by atoms with van der Waals surface area (Å²) in [6, 6.07) is 16.2. The number of nitrogens with one attached hydrogen (secondary N) is 3. The number of ether oxygens (including phenoxy) is 9. The van der Waals surface area contributed by atoms with Gasteiger partial charge in [-0.25, -0.2) is 76.9 Å². The number of hydrogen-bond acceptors (Lipinski definition) is 44. The van der Waals surface area contributed by atoms with Gasteiger partial charge in [-0.15, -0.1) is 0 Å². The van der Waals surface area contributed by atoms with Crippen molar-refractivity contribution in [3.8, 4) is 6.07 Å². The molecule has 4 fully saturated rings. The Labute approximate surface area is 783 Å². The lowest BCUT2D eigenvalue weighted by molar-refractivity contribution is -0.159. The van der Waals surface area contributed by atoms with Crippen LogP contribution in [-0.2, 0) is 111 Å². The number of phosphoric ester groups is 4. The lowest BCUT2D eigenvalue weighted by Crippen LogP contribution is -2.47. The molecule has 6 aromatic heterocycles. The van der Waals surface area contributed by atoms with Gasteiger partial charge in [-0.05, 0) is 87.2 Å². The number of nitriles is 1. The minimum atomic E-state index is -5.29. The van der Waals surface area contributed by atoms with Gasteiger partial charge < -0.3 is 126 Å². The van der Waals surface area contributed by atoms with Crippen molar-refractivity contribution in [2.75, 3.05) is 69.1 Å². The maximum atomic E-state index is 14.1. The SMILES string of the molecule is CC(C)(C)OC(=O)N[C@@H](CCCCNC(=O)OCc1ccccc1N=[N+]=[N-])C(=O)O[C@H]1[C@@H](O)[C@H](n2cnc3c(N)ncnc32)O[C@@H]1COP(=O)(O)O[C@H]1C[C@H](n2ccc(N)nc2=O)O[C@@H]1COP(=O)(O)O.C[C@@H](CCCCNC(=O)OCc1ccccc1N=[N+]=[N-])C(=O)OCC#N.Nc1ccn([C@H]2C[C@H](OP(=O)(O)OC[C@H]3O[C@@H](n4cnc5c(N)ncnc54)[C@H](O)[C@@H]3O)[C@@H](COP(=O)(O)O)O2)c(=O)n1. The maximum absolute atomic E-state index is 14.1. The van der Waals surface area contributed by atoms with Gasteiger partial charge in [0, 0.05) is 59.5 Å². The number of unbranched alkanes of at least 4 members (excludes halogenated alkanes) is 2. The zero-order chi connectivity index (χ0) is 101. The van der Waals surface area contributed by atoms with E-state index in [1.54, 1.807) is 82.3 Å². The van der Waals surface area contributed by atoms with Gasteiger partial charge in [-0.1, -0.05) is 72.1 Å². The minimum absolute atomic E-state index is 0.00277. The van der Waals surface area contributed by atoms with E-state index in [1.165, 1.54) is 52.6 Å². The van der Waals surface area contributed by atoms with Crippen LogP contribution in [0.1, 0.15) is 115 Å². The highest BCUT2D eigenvalue weighted by molar-refractivity contribution is 7.47. The summed E-state index contributed by atoms with van der Waals surface area (Å²) in [4.78, 5) is 183. The fraction of sp³-hybridized carbons (Fsp3) is 0.514. The summed E-state index contributed by atoms with van der Waals surface area (Å²) in [5.41, 5.74) is 39.8. The number of azide groups is 2. The number of imidazole rings is 2. The molecule has 4 aliphatic rings. The predicted octanol–water partition coefficient (Wildman–Crippen LogP) is 3.74. The lowest BCUT2D eigenvalue weighted by Gasteiger charge is -2.26. The molecule has 4 aliphatic heterocycles. The number of nitrogens with zero attached hydrogens (tertiary/aromatic N) is 19. The highest BCUT2D eigenvalue weighted by Gasteiger charge is 2.52. The van der Waals surface area contributed by atoms with Crippen molar-refractivity contribution in [3.63, 3.8) is 0 Å². The van der Waals surface area contributed by atoms with Gasteiger partial charge in [0.1, 0.15) is 134 Å². The number of esters is 2. The van der Waals surface area contributed by atoms with Crippen LogP contribution in [0.5, 0.6) is 0 Å². The largest absolute Gasteiger partial charge is 0.472 e. The number of aliphatic hydroxyl groups is 3. The van der Waals surface area contributed by atoms with Crippen molar-refractivity contribution in [2.45, 2.75) is 190 Å². The number of benzene rings is 2. The number of alkyl carbamates (subject to hydrolysis) is 3. The third-order valence-corrected chi connectivity index (χ3v) is 23.2. The first kappa shape index (κ1) is 109. The summed E-state index contributed by atoms with van der Waals surface area (Å²) < 4.78 is 133. The van der Waals surface area contributed by atoms with Gasteiger partial charge in [0.15, 0.2) is 48.1 Å². The standard InChI is InChI=1S/C38H51N13O18P2.C19H26N8O13P2.C17H21N5O4/c1-38(2,3)68-37(56)46-22(10-6-7-12-42-36(55)62-15-20-8-4-5-9-21(20)48-49-41)34(53)67-30-25(66-33(29(30)52)51-19-45-28-31(40)43-18-44-32(28)51)17-64-71(60,61)69-23-14-27(50-13-11-26(39)47-35(50)54)65-24(23)16-63-70(57,58)59;20-11-1-2-26(19(30)25-11)12-3-8(9(38-12)4-36-41(31,32)33)40-42(34,35)37-5-10-14(28)15(29)18(39-10)27-7-24-13-16(21)22-6-23-17(13)27;1-13(16(23)25-11-9-18)6-4-5-10-20-17(24)26-12-14-7-2-3-8-15(14)21-22-19/h4-5,8-9,11,13,18-19,22-25,27,29-30,33,52H,6-7,10,12,14-17H2,1-3H3,(H,42,55)(H,46,56)(H,60,61)(H2,39,47,54)(H2,40,43,44)(H2,57,58,59);1-2,6-10,12,14-15,18,28-29H,3-5H2,(H,34,35)(H2,20,25,30)(H2,21,22,23)(H2,31,32,33);2-3,7-8,13H,4-6,10-12H2,1H3,(H,20,24)/t22-,23-,24+,25+,27+,29+,30+,33+;8-,9+,10+,12+,14+,15+,18+;13-/m000/s1. The summed E-state index contributed by atoms with van der Waals surface area (Å²) in [5, 5.41) is 55.9. The van der Waals surface area contributed by atoms with Crippen LogP contribution in [0.15, 0.2) is 118 Å². The molecule has 4 saturated heterocycles. The van der Waals surface area contributed by atoms with Crippen molar-refractivity contribution in [1.29, 1.82) is 5.26 Å². The predicted molar refractivity (Wildman–Crippen MR) is 469 cm³/mol. The van der Waals surface area contributed by atoms with E-state index in [4.69, 9.17) is 110 Å². The number of carbonyl (C=O) groups excluding carboxylic acids is 5. The second-order valence-electron chi connectivity index (χ2n) is 31.4. The summed E-state index contributed by atoms with van der Waals surface area (Å²) in [7, 11) is -20.4. The van der Waals surface area contributed by atoms with E-state index in [9.17, 15) is 86.7 Å². The first-order valence-corrected chi connectivity index (χ1v) is 47.6. The fourth-order valence-corrected chi connectivity index (χ4v) is 16.3. The molecule has 754 valence electrons. The molecule has 0 spiro atoms. The first-order chi connectivity index (χ1) is 65.8. The second kappa shape index (κ2) is 49.4.